The van der Waals surface area contributed by atoms with Crippen molar-refractivity contribution in [2.45, 2.75) is 10.1 Å². The average molecular weight is 284 g/mol. The molecular weight excluding hydrogens is 272 g/mol. The predicted molar refractivity (Wildman–Crippen MR) is 81.3 cm³/mol. The predicted octanol–water partition coefficient (Wildman–Crippen LogP) is 4.50. The normalized spacial score (nSPS) is 10.5. The molecule has 3 aromatic rings. The molecule has 0 aliphatic heterocycles. The monoisotopic (exact) mass is 284 g/mol. The van der Waals surface area contributed by atoms with Gasteiger partial charge in [0.1, 0.15) is 0 Å². The topological polar surface area (TPSA) is 25.8 Å². The Hall–Kier alpha value is -1.65. The molecule has 0 aliphatic carbocycles. The highest BCUT2D eigenvalue weighted by atomic mass is 32.2. The smallest absolute Gasteiger partial charge is 0.150 e. The molecular formula is C15H12N2S2. The van der Waals surface area contributed by atoms with Crippen molar-refractivity contribution in [3.63, 3.8) is 0 Å². The maximum Gasteiger partial charge on any atom is 0.150 e. The van der Waals surface area contributed by atoms with E-state index in [0.29, 0.717) is 0 Å². The molecule has 2 aromatic heterocycles. The van der Waals surface area contributed by atoms with Crippen LogP contribution in [0.25, 0.3) is 11.3 Å². The van der Waals surface area contributed by atoms with E-state index >= 15 is 0 Å². The van der Waals surface area contributed by atoms with Crippen LogP contribution in [0.4, 0.5) is 0 Å². The Kier molecular flexibility index (Phi) is 3.91. The summed E-state index contributed by atoms with van der Waals surface area (Å²) in [7, 11) is 0. The first-order valence-corrected chi connectivity index (χ1v) is 7.82. The van der Waals surface area contributed by atoms with Gasteiger partial charge in [0.25, 0.3) is 0 Å². The molecule has 0 bridgehead atoms. The first-order chi connectivity index (χ1) is 9.42. The molecule has 0 aliphatic rings. The van der Waals surface area contributed by atoms with Crippen LogP contribution < -0.4 is 0 Å². The van der Waals surface area contributed by atoms with Crippen molar-refractivity contribution in [1.29, 1.82) is 0 Å². The third-order valence-corrected chi connectivity index (χ3v) is 4.68. The molecule has 0 saturated carbocycles. The molecule has 0 atom stereocenters. The van der Waals surface area contributed by atoms with Crippen molar-refractivity contribution < 1.29 is 0 Å². The third-order valence-electron chi connectivity index (χ3n) is 2.62. The van der Waals surface area contributed by atoms with E-state index in [0.717, 1.165) is 21.5 Å². The summed E-state index contributed by atoms with van der Waals surface area (Å²) >= 11 is 3.42. The Morgan fingerprint density at radius 3 is 2.63 bits per heavy atom. The van der Waals surface area contributed by atoms with E-state index in [1.54, 1.807) is 23.1 Å². The van der Waals surface area contributed by atoms with E-state index in [1.165, 1.54) is 5.56 Å². The second-order valence-electron chi connectivity index (χ2n) is 3.97. The highest BCUT2D eigenvalue weighted by Crippen LogP contribution is 2.29. The number of thiazole rings is 1. The highest BCUT2D eigenvalue weighted by Gasteiger charge is 2.05. The van der Waals surface area contributed by atoms with Gasteiger partial charge in [-0.25, -0.2) is 4.98 Å². The number of pyridine rings is 1. The lowest BCUT2D eigenvalue weighted by molar-refractivity contribution is 1.17. The van der Waals surface area contributed by atoms with E-state index in [-0.39, 0.29) is 0 Å². The van der Waals surface area contributed by atoms with Gasteiger partial charge in [-0.15, -0.1) is 11.3 Å². The maximum atomic E-state index is 4.65. The molecule has 0 radical (unpaired) electrons. The zero-order valence-electron chi connectivity index (χ0n) is 10.2. The van der Waals surface area contributed by atoms with Crippen molar-refractivity contribution >= 4 is 23.1 Å². The Labute approximate surface area is 120 Å². The second-order valence-corrected chi connectivity index (χ2v) is 6.05. The molecule has 0 spiro atoms. The van der Waals surface area contributed by atoms with Crippen LogP contribution in [0.2, 0.25) is 0 Å². The first-order valence-electron chi connectivity index (χ1n) is 5.95. The van der Waals surface area contributed by atoms with Crippen molar-refractivity contribution in [3.05, 3.63) is 65.8 Å². The summed E-state index contributed by atoms with van der Waals surface area (Å²) in [5.41, 5.74) is 3.31. The fourth-order valence-corrected chi connectivity index (χ4v) is 3.43. The van der Waals surface area contributed by atoms with Crippen LogP contribution in [0.15, 0.2) is 64.4 Å². The average Bonchev–Trinajstić information content (AvgIpc) is 2.96. The van der Waals surface area contributed by atoms with Crippen molar-refractivity contribution in [2.75, 3.05) is 0 Å². The number of aromatic nitrogens is 2. The van der Waals surface area contributed by atoms with Gasteiger partial charge in [-0.3, -0.25) is 4.98 Å². The van der Waals surface area contributed by atoms with Crippen LogP contribution in [0.5, 0.6) is 0 Å². The Bertz CT molecular complexity index is 636. The minimum Gasteiger partial charge on any atom is -0.260 e. The number of benzene rings is 1. The summed E-state index contributed by atoms with van der Waals surface area (Å²) in [5.74, 6) is 0.864. The fourth-order valence-electron chi connectivity index (χ4n) is 1.68. The Morgan fingerprint density at radius 2 is 1.84 bits per heavy atom. The van der Waals surface area contributed by atoms with Gasteiger partial charge < -0.3 is 0 Å². The van der Waals surface area contributed by atoms with E-state index in [2.05, 4.69) is 27.5 Å². The molecule has 0 amide bonds. The van der Waals surface area contributed by atoms with E-state index in [4.69, 9.17) is 0 Å². The molecule has 3 rings (SSSR count). The van der Waals surface area contributed by atoms with Gasteiger partial charge in [0.15, 0.2) is 4.34 Å². The number of hydrogen-bond acceptors (Lipinski definition) is 4. The van der Waals surface area contributed by atoms with E-state index in [9.17, 15) is 0 Å². The van der Waals surface area contributed by atoms with Gasteiger partial charge in [-0.05, 0) is 12.1 Å². The first kappa shape index (κ1) is 12.4. The van der Waals surface area contributed by atoms with Crippen LogP contribution in [-0.4, -0.2) is 9.97 Å². The van der Waals surface area contributed by atoms with Gasteiger partial charge >= 0.3 is 0 Å². The number of hydrogen-bond donors (Lipinski definition) is 0. The van der Waals surface area contributed by atoms with Gasteiger partial charge in [-0.2, -0.15) is 0 Å². The standard InChI is InChI=1S/C15H12N2S2/c1-2-6-12(7-3-1)14-11-19-15(17-14)18-10-13-8-4-5-9-16-13/h1-9,11H,10H2. The van der Waals surface area contributed by atoms with Crippen molar-refractivity contribution in [3.8, 4) is 11.3 Å². The fraction of sp³-hybridized carbons (Fsp3) is 0.0667. The molecule has 94 valence electrons. The third kappa shape index (κ3) is 3.22. The molecule has 0 saturated heterocycles. The van der Waals surface area contributed by atoms with Gasteiger partial charge in [0, 0.05) is 22.9 Å². The zero-order valence-corrected chi connectivity index (χ0v) is 11.8. The number of nitrogens with zero attached hydrogens (tertiary/aromatic N) is 2. The Morgan fingerprint density at radius 1 is 1.00 bits per heavy atom. The Balaban J connectivity index is 1.69. The highest BCUT2D eigenvalue weighted by molar-refractivity contribution is 8.00. The van der Waals surface area contributed by atoms with Crippen molar-refractivity contribution in [1.82, 2.24) is 9.97 Å². The lowest BCUT2D eigenvalue weighted by Crippen LogP contribution is -1.84. The summed E-state index contributed by atoms with van der Waals surface area (Å²) in [6.07, 6.45) is 1.83. The summed E-state index contributed by atoms with van der Waals surface area (Å²) in [5, 5.41) is 2.11. The minimum absolute atomic E-state index is 0.864. The minimum atomic E-state index is 0.864. The van der Waals surface area contributed by atoms with Crippen LogP contribution in [0, 0.1) is 0 Å². The van der Waals surface area contributed by atoms with Crippen LogP contribution in [0.1, 0.15) is 5.69 Å². The quantitative estimate of drug-likeness (QED) is 0.660. The maximum absolute atomic E-state index is 4.65. The summed E-state index contributed by atoms with van der Waals surface area (Å²) in [6.45, 7) is 0. The lowest BCUT2D eigenvalue weighted by Gasteiger charge is -1.97. The van der Waals surface area contributed by atoms with Gasteiger partial charge in [-0.1, -0.05) is 48.2 Å². The van der Waals surface area contributed by atoms with Crippen LogP contribution >= 0.6 is 23.1 Å². The zero-order chi connectivity index (χ0) is 12.9. The van der Waals surface area contributed by atoms with E-state index < -0.39 is 0 Å². The van der Waals surface area contributed by atoms with Crippen LogP contribution in [-0.2, 0) is 5.75 Å². The van der Waals surface area contributed by atoms with Crippen molar-refractivity contribution in [2.24, 2.45) is 0 Å². The molecule has 1 aromatic carbocycles. The largest absolute Gasteiger partial charge is 0.260 e. The summed E-state index contributed by atoms with van der Waals surface area (Å²) < 4.78 is 1.09. The molecule has 19 heavy (non-hydrogen) atoms. The summed E-state index contributed by atoms with van der Waals surface area (Å²) in [4.78, 5) is 8.96. The molecule has 4 heteroatoms. The van der Waals surface area contributed by atoms with Crippen LogP contribution in [0.3, 0.4) is 0 Å². The molecule has 0 unspecified atom stereocenters. The van der Waals surface area contributed by atoms with Gasteiger partial charge in [0.2, 0.25) is 0 Å². The summed E-state index contributed by atoms with van der Waals surface area (Å²) in [6, 6.07) is 16.3. The SMILES string of the molecule is c1ccc(-c2csc(SCc3ccccn3)n2)cc1. The molecule has 0 fully saturated rings. The van der Waals surface area contributed by atoms with E-state index in [1.807, 2.05) is 42.6 Å². The molecule has 0 N–H and O–H groups in total. The number of thioether (sulfide) groups is 1. The number of rotatable bonds is 4. The van der Waals surface area contributed by atoms with Gasteiger partial charge in [0.05, 0.1) is 11.4 Å². The molecule has 2 heterocycles. The second kappa shape index (κ2) is 5.99. The molecule has 2 nitrogen and oxygen atoms in total. The lowest BCUT2D eigenvalue weighted by atomic mass is 10.2.